The number of carboxylic acids is 1. The first-order valence-corrected chi connectivity index (χ1v) is 7.11. The summed E-state index contributed by atoms with van der Waals surface area (Å²) in [6.45, 7) is 0. The van der Waals surface area contributed by atoms with Crippen molar-refractivity contribution in [3.05, 3.63) is 63.2 Å². The first kappa shape index (κ1) is 14.0. The second-order valence-corrected chi connectivity index (χ2v) is 5.10. The molecule has 2 aromatic heterocycles. The van der Waals surface area contributed by atoms with Gasteiger partial charge in [-0.15, -0.1) is 11.3 Å². The van der Waals surface area contributed by atoms with Crippen molar-refractivity contribution in [1.29, 1.82) is 0 Å². The largest absolute Gasteiger partial charge is 0.477 e. The molecule has 0 radical (unpaired) electrons. The lowest BCUT2D eigenvalue weighted by atomic mass is 10.0. The number of aromatic nitrogens is 2. The first-order valence-electron chi connectivity index (χ1n) is 6.16. The summed E-state index contributed by atoms with van der Waals surface area (Å²) in [6.07, 6.45) is 1.20. The van der Waals surface area contributed by atoms with Crippen molar-refractivity contribution in [3.63, 3.8) is 0 Å². The normalized spacial score (nSPS) is 10.5. The number of carboxylic acid groups (broad SMARTS) is 1. The Kier molecular flexibility index (Phi) is 3.43. The molecule has 3 aromatic rings. The molecule has 8 heteroatoms. The van der Waals surface area contributed by atoms with Crippen LogP contribution < -0.4 is 0 Å². The van der Waals surface area contributed by atoms with Crippen LogP contribution in [0.5, 0.6) is 0 Å². The molecule has 0 bridgehead atoms. The van der Waals surface area contributed by atoms with Crippen LogP contribution in [0.25, 0.3) is 16.9 Å². The molecule has 22 heavy (non-hydrogen) atoms. The number of rotatable bonds is 4. The van der Waals surface area contributed by atoms with Gasteiger partial charge in [-0.3, -0.25) is 14.7 Å². The number of thiazole rings is 1. The van der Waals surface area contributed by atoms with E-state index in [2.05, 4.69) is 4.98 Å². The first-order chi connectivity index (χ1) is 10.6. The van der Waals surface area contributed by atoms with Gasteiger partial charge >= 0.3 is 5.97 Å². The number of nitro groups is 1. The number of nitrogens with zero attached hydrogens (tertiary/aromatic N) is 3. The van der Waals surface area contributed by atoms with Crippen molar-refractivity contribution in [2.75, 3.05) is 0 Å². The zero-order chi connectivity index (χ0) is 15.7. The number of hydrogen-bond donors (Lipinski definition) is 1. The Morgan fingerprint density at radius 3 is 2.59 bits per heavy atom. The smallest absolute Gasteiger partial charge is 0.353 e. The molecule has 3 rings (SSSR count). The summed E-state index contributed by atoms with van der Waals surface area (Å²) < 4.78 is 1.24. The number of benzene rings is 1. The third-order valence-corrected chi connectivity index (χ3v) is 3.69. The van der Waals surface area contributed by atoms with Gasteiger partial charge in [-0.05, 0) is 5.56 Å². The zero-order valence-corrected chi connectivity index (χ0v) is 11.9. The maximum atomic E-state index is 11.7. The van der Waals surface area contributed by atoms with Gasteiger partial charge in [0.05, 0.1) is 22.2 Å². The van der Waals surface area contributed by atoms with Crippen LogP contribution in [-0.4, -0.2) is 25.6 Å². The number of carbonyl (C=O) groups is 1. The van der Waals surface area contributed by atoms with Crippen LogP contribution in [-0.2, 0) is 0 Å². The van der Waals surface area contributed by atoms with Gasteiger partial charge < -0.3 is 5.11 Å². The van der Waals surface area contributed by atoms with E-state index in [1.807, 2.05) is 0 Å². The molecule has 7 nitrogen and oxygen atoms in total. The molecule has 0 spiro atoms. The Morgan fingerprint density at radius 1 is 1.32 bits per heavy atom. The van der Waals surface area contributed by atoms with Crippen molar-refractivity contribution in [2.45, 2.75) is 0 Å². The minimum atomic E-state index is -1.25. The summed E-state index contributed by atoms with van der Waals surface area (Å²) in [7, 11) is 0. The summed E-state index contributed by atoms with van der Waals surface area (Å²) >= 11 is 1.28. The molecule has 0 unspecified atom stereocenters. The van der Waals surface area contributed by atoms with Gasteiger partial charge in [0.2, 0.25) is 0 Å². The van der Waals surface area contributed by atoms with Crippen LogP contribution >= 0.6 is 11.3 Å². The van der Waals surface area contributed by atoms with E-state index >= 15 is 0 Å². The standard InChI is InChI=1S/C14H9N3O4S/c18-14(19)13-12(9-4-2-1-3-5-9)10(17(20)21)6-16(13)11-7-22-8-15-11/h1-8H,(H,18,19). The molecular formula is C14H9N3O4S. The lowest BCUT2D eigenvalue weighted by Crippen LogP contribution is -2.07. The topological polar surface area (TPSA) is 98.3 Å². The summed E-state index contributed by atoms with van der Waals surface area (Å²) in [5.41, 5.74) is 1.64. The van der Waals surface area contributed by atoms with Gasteiger partial charge in [-0.25, -0.2) is 9.78 Å². The van der Waals surface area contributed by atoms with Crippen molar-refractivity contribution >= 4 is 23.0 Å². The quantitative estimate of drug-likeness (QED) is 0.589. The average molecular weight is 315 g/mol. The van der Waals surface area contributed by atoms with Crippen molar-refractivity contribution in [1.82, 2.24) is 9.55 Å². The van der Waals surface area contributed by atoms with Gasteiger partial charge in [0.1, 0.15) is 11.5 Å². The molecule has 0 aliphatic rings. The van der Waals surface area contributed by atoms with Crippen LogP contribution in [0.15, 0.2) is 47.4 Å². The van der Waals surface area contributed by atoms with E-state index in [-0.39, 0.29) is 16.9 Å². The van der Waals surface area contributed by atoms with Crippen LogP contribution in [0.1, 0.15) is 10.5 Å². The van der Waals surface area contributed by atoms with Gasteiger partial charge in [-0.1, -0.05) is 30.3 Å². The second kappa shape index (κ2) is 5.41. The highest BCUT2D eigenvalue weighted by Gasteiger charge is 2.30. The number of hydrogen-bond acceptors (Lipinski definition) is 5. The summed E-state index contributed by atoms with van der Waals surface area (Å²) in [4.78, 5) is 26.5. The van der Waals surface area contributed by atoms with Crippen LogP contribution in [0, 0.1) is 10.1 Å². The minimum absolute atomic E-state index is 0.0751. The second-order valence-electron chi connectivity index (χ2n) is 4.38. The molecule has 1 aromatic carbocycles. The fraction of sp³-hybridized carbons (Fsp3) is 0. The molecular weight excluding hydrogens is 306 g/mol. The fourth-order valence-electron chi connectivity index (χ4n) is 2.24. The van der Waals surface area contributed by atoms with Gasteiger partial charge in [0.25, 0.3) is 5.69 Å². The zero-order valence-electron chi connectivity index (χ0n) is 11.0. The van der Waals surface area contributed by atoms with Gasteiger partial charge in [0, 0.05) is 5.38 Å². The van der Waals surface area contributed by atoms with E-state index in [1.165, 1.54) is 27.6 Å². The lowest BCUT2D eigenvalue weighted by molar-refractivity contribution is -0.384. The van der Waals surface area contributed by atoms with E-state index in [9.17, 15) is 20.0 Å². The minimum Gasteiger partial charge on any atom is -0.477 e. The van der Waals surface area contributed by atoms with Crippen LogP contribution in [0.3, 0.4) is 0 Å². The van der Waals surface area contributed by atoms with E-state index < -0.39 is 10.9 Å². The molecule has 110 valence electrons. The fourth-order valence-corrected chi connectivity index (χ4v) is 2.76. The highest BCUT2D eigenvalue weighted by molar-refractivity contribution is 7.07. The summed E-state index contributed by atoms with van der Waals surface area (Å²) in [6, 6.07) is 8.43. The Labute approximate surface area is 128 Å². The van der Waals surface area contributed by atoms with Gasteiger partial charge in [0.15, 0.2) is 0 Å². The molecule has 0 aliphatic heterocycles. The van der Waals surface area contributed by atoms with Crippen molar-refractivity contribution in [2.24, 2.45) is 0 Å². The maximum absolute atomic E-state index is 11.7. The monoisotopic (exact) mass is 315 g/mol. The maximum Gasteiger partial charge on any atom is 0.353 e. The van der Waals surface area contributed by atoms with Crippen LogP contribution in [0.2, 0.25) is 0 Å². The van der Waals surface area contributed by atoms with Gasteiger partial charge in [-0.2, -0.15) is 0 Å². The Balaban J connectivity index is 2.36. The molecule has 0 amide bonds. The molecule has 2 heterocycles. The third-order valence-electron chi connectivity index (χ3n) is 3.11. The Hall–Kier alpha value is -3.00. The van der Waals surface area contributed by atoms with E-state index in [0.29, 0.717) is 11.4 Å². The summed E-state index contributed by atoms with van der Waals surface area (Å²) in [5.74, 6) is -0.910. The van der Waals surface area contributed by atoms with E-state index in [1.54, 1.807) is 35.7 Å². The van der Waals surface area contributed by atoms with E-state index in [0.717, 1.165) is 0 Å². The van der Waals surface area contributed by atoms with E-state index in [4.69, 9.17) is 0 Å². The van der Waals surface area contributed by atoms with Crippen molar-refractivity contribution < 1.29 is 14.8 Å². The highest BCUT2D eigenvalue weighted by atomic mass is 32.1. The highest BCUT2D eigenvalue weighted by Crippen LogP contribution is 2.36. The molecule has 0 saturated carbocycles. The number of aromatic carboxylic acids is 1. The lowest BCUT2D eigenvalue weighted by Gasteiger charge is -2.04. The SMILES string of the molecule is O=C(O)c1c(-c2ccccc2)c([N+](=O)[O-])cn1-c1cscn1. The van der Waals surface area contributed by atoms with Crippen molar-refractivity contribution in [3.8, 4) is 16.9 Å². The molecule has 0 saturated heterocycles. The van der Waals surface area contributed by atoms with Crippen LogP contribution in [0.4, 0.5) is 5.69 Å². The molecule has 1 N–H and O–H groups in total. The average Bonchev–Trinajstić information content (AvgIpc) is 3.15. The molecule has 0 fully saturated rings. The third kappa shape index (κ3) is 2.25. The summed E-state index contributed by atoms with van der Waals surface area (Å²) in [5, 5.41) is 22.5. The predicted octanol–water partition coefficient (Wildman–Crippen LogP) is 3.21. The Bertz CT molecular complexity index is 841. The molecule has 0 aliphatic carbocycles. The predicted molar refractivity (Wildman–Crippen MR) is 80.5 cm³/mol. The Morgan fingerprint density at radius 2 is 2.05 bits per heavy atom. The molecule has 0 atom stereocenters.